The average molecular weight is 209 g/mol. The molecule has 0 aromatic heterocycles. The highest BCUT2D eigenvalue weighted by atomic mass is 32.2. The molecule has 1 heterocycles. The molecule has 0 radical (unpaired) electrons. The van der Waals surface area contributed by atoms with E-state index in [9.17, 15) is 8.42 Å². The number of sulfone groups is 1. The van der Waals surface area contributed by atoms with Crippen molar-refractivity contribution in [3.05, 3.63) is 0 Å². The van der Waals surface area contributed by atoms with Crippen molar-refractivity contribution >= 4 is 9.84 Å². The Labute approximate surface area is 77.7 Å². The molecule has 0 aromatic rings. The average Bonchev–Trinajstić information content (AvgIpc) is 2.41. The Morgan fingerprint density at radius 2 is 2.23 bits per heavy atom. The van der Waals surface area contributed by atoms with Crippen molar-refractivity contribution in [2.75, 3.05) is 24.7 Å². The predicted octanol–water partition coefficient (Wildman–Crippen LogP) is -1.88. The van der Waals surface area contributed by atoms with Gasteiger partial charge in [0.1, 0.15) is 0 Å². The van der Waals surface area contributed by atoms with E-state index in [0.29, 0.717) is 6.42 Å². The predicted molar refractivity (Wildman–Crippen MR) is 48.2 cm³/mol. The van der Waals surface area contributed by atoms with E-state index in [1.807, 2.05) is 0 Å². The molecule has 2 atom stereocenters. The molecule has 6 heteroatoms. The van der Waals surface area contributed by atoms with Crippen LogP contribution in [-0.2, 0) is 9.84 Å². The molecule has 1 aliphatic heterocycles. The van der Waals surface area contributed by atoms with Gasteiger partial charge in [0.15, 0.2) is 9.84 Å². The zero-order valence-electron chi connectivity index (χ0n) is 7.31. The molecule has 13 heavy (non-hydrogen) atoms. The summed E-state index contributed by atoms with van der Waals surface area (Å²) >= 11 is 0. The number of hydrogen-bond acceptors (Lipinski definition) is 5. The minimum Gasteiger partial charge on any atom is -0.394 e. The first kappa shape index (κ1) is 10.9. The highest BCUT2D eigenvalue weighted by molar-refractivity contribution is 7.91. The largest absolute Gasteiger partial charge is 0.394 e. The summed E-state index contributed by atoms with van der Waals surface area (Å²) in [6, 6.07) is -0.0637. The van der Waals surface area contributed by atoms with Gasteiger partial charge in [0.2, 0.25) is 0 Å². The van der Waals surface area contributed by atoms with Crippen LogP contribution in [0.4, 0.5) is 0 Å². The third-order valence-electron chi connectivity index (χ3n) is 2.09. The van der Waals surface area contributed by atoms with Crippen LogP contribution in [0.2, 0.25) is 0 Å². The van der Waals surface area contributed by atoms with Crippen LogP contribution in [0.25, 0.3) is 0 Å². The first-order chi connectivity index (χ1) is 6.03. The Kier molecular flexibility index (Phi) is 3.66. The van der Waals surface area contributed by atoms with E-state index in [1.54, 1.807) is 0 Å². The van der Waals surface area contributed by atoms with Gasteiger partial charge in [0.05, 0.1) is 24.2 Å². The van der Waals surface area contributed by atoms with E-state index >= 15 is 0 Å². The molecule has 0 aromatic carbocycles. The number of rotatable bonds is 4. The van der Waals surface area contributed by atoms with Crippen molar-refractivity contribution in [3.63, 3.8) is 0 Å². The normalized spacial score (nSPS) is 28.9. The molecule has 0 bridgehead atoms. The van der Waals surface area contributed by atoms with E-state index in [4.69, 9.17) is 10.2 Å². The zero-order valence-corrected chi connectivity index (χ0v) is 8.13. The van der Waals surface area contributed by atoms with Crippen molar-refractivity contribution in [3.8, 4) is 0 Å². The second kappa shape index (κ2) is 4.36. The molecule has 3 N–H and O–H groups in total. The van der Waals surface area contributed by atoms with Gasteiger partial charge in [-0.15, -0.1) is 0 Å². The number of aliphatic hydroxyl groups is 2. The lowest BCUT2D eigenvalue weighted by molar-refractivity contribution is 0.0925. The van der Waals surface area contributed by atoms with Crippen molar-refractivity contribution in [2.24, 2.45) is 0 Å². The second-order valence-electron chi connectivity index (χ2n) is 3.34. The summed E-state index contributed by atoms with van der Waals surface area (Å²) in [5.41, 5.74) is 0. The Balaban J connectivity index is 2.25. The van der Waals surface area contributed by atoms with Crippen molar-refractivity contribution < 1.29 is 18.6 Å². The van der Waals surface area contributed by atoms with Crippen LogP contribution in [0.1, 0.15) is 6.42 Å². The van der Waals surface area contributed by atoms with Crippen molar-refractivity contribution in [1.29, 1.82) is 0 Å². The summed E-state index contributed by atoms with van der Waals surface area (Å²) in [5, 5.41) is 20.4. The molecule has 0 spiro atoms. The molecule has 0 amide bonds. The van der Waals surface area contributed by atoms with Crippen LogP contribution in [-0.4, -0.2) is 55.4 Å². The van der Waals surface area contributed by atoms with Crippen LogP contribution >= 0.6 is 0 Å². The van der Waals surface area contributed by atoms with Gasteiger partial charge < -0.3 is 15.5 Å². The van der Waals surface area contributed by atoms with Gasteiger partial charge in [-0.3, -0.25) is 0 Å². The monoisotopic (exact) mass is 209 g/mol. The van der Waals surface area contributed by atoms with Gasteiger partial charge in [0.25, 0.3) is 0 Å². The van der Waals surface area contributed by atoms with Crippen LogP contribution in [0.5, 0.6) is 0 Å². The van der Waals surface area contributed by atoms with E-state index < -0.39 is 15.9 Å². The standard InChI is InChI=1S/C7H15NO4S/c9-4-7(10)3-8-6-1-2-13(11,12)5-6/h6-10H,1-5H2/t6-,7+/m1/s1. The third-order valence-corrected chi connectivity index (χ3v) is 3.85. The minimum absolute atomic E-state index is 0.0637. The highest BCUT2D eigenvalue weighted by Gasteiger charge is 2.27. The third kappa shape index (κ3) is 3.60. The number of hydrogen-bond donors (Lipinski definition) is 3. The number of nitrogens with one attached hydrogen (secondary N) is 1. The van der Waals surface area contributed by atoms with Crippen LogP contribution in [0, 0.1) is 0 Å². The summed E-state index contributed by atoms with van der Waals surface area (Å²) in [7, 11) is -2.86. The zero-order chi connectivity index (χ0) is 9.90. The van der Waals surface area contributed by atoms with Crippen molar-refractivity contribution in [1.82, 2.24) is 5.32 Å². The summed E-state index contributed by atoms with van der Waals surface area (Å²) in [5.74, 6) is 0.366. The van der Waals surface area contributed by atoms with Gasteiger partial charge >= 0.3 is 0 Å². The molecule has 1 rings (SSSR count). The lowest BCUT2D eigenvalue weighted by Gasteiger charge is -2.13. The first-order valence-electron chi connectivity index (χ1n) is 4.26. The Bertz CT molecular complexity index is 251. The molecule has 5 nitrogen and oxygen atoms in total. The highest BCUT2D eigenvalue weighted by Crippen LogP contribution is 2.10. The molecule has 1 saturated heterocycles. The summed E-state index contributed by atoms with van der Waals surface area (Å²) in [6.45, 7) is -0.0524. The fraction of sp³-hybridized carbons (Fsp3) is 1.00. The minimum atomic E-state index is -2.86. The quantitative estimate of drug-likeness (QED) is 0.504. The van der Waals surface area contributed by atoms with Crippen LogP contribution in [0.3, 0.4) is 0 Å². The maximum absolute atomic E-state index is 11.0. The van der Waals surface area contributed by atoms with Gasteiger partial charge in [0, 0.05) is 12.6 Å². The smallest absolute Gasteiger partial charge is 0.151 e. The fourth-order valence-electron chi connectivity index (χ4n) is 1.32. The molecule has 0 saturated carbocycles. The molecule has 78 valence electrons. The van der Waals surface area contributed by atoms with E-state index in [-0.39, 0.29) is 30.7 Å². The van der Waals surface area contributed by atoms with Gasteiger partial charge in [-0.1, -0.05) is 0 Å². The second-order valence-corrected chi connectivity index (χ2v) is 5.57. The molecule has 0 unspecified atom stereocenters. The first-order valence-corrected chi connectivity index (χ1v) is 6.08. The maximum atomic E-state index is 11.0. The lowest BCUT2D eigenvalue weighted by atomic mass is 10.2. The van der Waals surface area contributed by atoms with Crippen LogP contribution in [0.15, 0.2) is 0 Å². The maximum Gasteiger partial charge on any atom is 0.151 e. The molecule has 1 aliphatic rings. The summed E-state index contributed by atoms with van der Waals surface area (Å²) in [4.78, 5) is 0. The fourth-order valence-corrected chi connectivity index (χ4v) is 3.03. The van der Waals surface area contributed by atoms with E-state index in [1.165, 1.54) is 0 Å². The van der Waals surface area contributed by atoms with E-state index in [0.717, 1.165) is 0 Å². The summed E-state index contributed by atoms with van der Waals surface area (Å²) < 4.78 is 22.0. The van der Waals surface area contributed by atoms with Gasteiger partial charge in [-0.25, -0.2) is 8.42 Å². The number of aliphatic hydroxyl groups excluding tert-OH is 2. The Morgan fingerprint density at radius 3 is 2.69 bits per heavy atom. The SMILES string of the molecule is O=S1(=O)CC[C@@H](NC[C@H](O)CO)C1. The van der Waals surface area contributed by atoms with Crippen LogP contribution < -0.4 is 5.32 Å². The van der Waals surface area contributed by atoms with Gasteiger partial charge in [-0.05, 0) is 6.42 Å². The Morgan fingerprint density at radius 1 is 1.54 bits per heavy atom. The Hall–Kier alpha value is -0.170. The van der Waals surface area contributed by atoms with E-state index in [2.05, 4.69) is 5.32 Å². The van der Waals surface area contributed by atoms with Gasteiger partial charge in [-0.2, -0.15) is 0 Å². The molecular weight excluding hydrogens is 194 g/mol. The topological polar surface area (TPSA) is 86.6 Å². The molecular formula is C7H15NO4S. The molecule has 1 fully saturated rings. The molecule has 0 aliphatic carbocycles. The van der Waals surface area contributed by atoms with Crippen molar-refractivity contribution in [2.45, 2.75) is 18.6 Å². The summed E-state index contributed by atoms with van der Waals surface area (Å²) in [6.07, 6.45) is -0.205. The lowest BCUT2D eigenvalue weighted by Crippen LogP contribution is -2.37.